The molecule has 74 valence electrons. The zero-order valence-electron chi connectivity index (χ0n) is 8.92. The Morgan fingerprint density at radius 1 is 1.38 bits per heavy atom. The molecule has 2 atom stereocenters. The van der Waals surface area contributed by atoms with E-state index in [9.17, 15) is 0 Å². The molecule has 2 heteroatoms. The highest BCUT2D eigenvalue weighted by Crippen LogP contribution is 2.16. The summed E-state index contributed by atoms with van der Waals surface area (Å²) in [5.74, 6) is 2.01. The van der Waals surface area contributed by atoms with Gasteiger partial charge < -0.3 is 9.73 Å². The van der Waals surface area contributed by atoms with Crippen molar-refractivity contribution >= 4 is 0 Å². The van der Waals surface area contributed by atoms with Gasteiger partial charge in [-0.05, 0) is 39.3 Å². The third-order valence-electron chi connectivity index (χ3n) is 2.33. The van der Waals surface area contributed by atoms with Gasteiger partial charge in [0.25, 0.3) is 0 Å². The first kappa shape index (κ1) is 10.3. The van der Waals surface area contributed by atoms with Crippen LogP contribution >= 0.6 is 0 Å². The average molecular weight is 181 g/mol. The smallest absolute Gasteiger partial charge is 0.120 e. The highest BCUT2D eigenvalue weighted by atomic mass is 16.3. The van der Waals surface area contributed by atoms with Gasteiger partial charge in [-0.2, -0.15) is 0 Å². The lowest BCUT2D eigenvalue weighted by molar-refractivity contribution is 0.385. The molecule has 0 aliphatic carbocycles. The van der Waals surface area contributed by atoms with Gasteiger partial charge >= 0.3 is 0 Å². The lowest BCUT2D eigenvalue weighted by Gasteiger charge is -2.16. The minimum absolute atomic E-state index is 0.309. The van der Waals surface area contributed by atoms with Crippen LogP contribution in [0.15, 0.2) is 16.5 Å². The third kappa shape index (κ3) is 2.88. The zero-order valence-corrected chi connectivity index (χ0v) is 8.92. The van der Waals surface area contributed by atoms with Crippen LogP contribution in [-0.4, -0.2) is 6.04 Å². The molecule has 0 radical (unpaired) electrons. The standard InChI is InChI=1S/C11H19NO/c1-5-8(2)12-10(4)11-7-6-9(3)13-11/h6-8,10,12H,5H2,1-4H3. The van der Waals surface area contributed by atoms with Gasteiger partial charge in [-0.1, -0.05) is 6.92 Å². The molecule has 0 saturated carbocycles. The molecule has 13 heavy (non-hydrogen) atoms. The lowest BCUT2D eigenvalue weighted by atomic mass is 10.2. The quantitative estimate of drug-likeness (QED) is 0.772. The molecule has 1 heterocycles. The van der Waals surface area contributed by atoms with Crippen molar-refractivity contribution in [2.45, 2.75) is 46.2 Å². The molecule has 0 bridgehead atoms. The molecule has 0 saturated heterocycles. The van der Waals surface area contributed by atoms with Crippen LogP contribution < -0.4 is 5.32 Å². The van der Waals surface area contributed by atoms with Gasteiger partial charge in [-0.3, -0.25) is 0 Å². The van der Waals surface area contributed by atoms with Gasteiger partial charge in [-0.25, -0.2) is 0 Å². The van der Waals surface area contributed by atoms with E-state index < -0.39 is 0 Å². The van der Waals surface area contributed by atoms with Crippen LogP contribution in [0.4, 0.5) is 0 Å². The van der Waals surface area contributed by atoms with Gasteiger partial charge in [0.1, 0.15) is 11.5 Å². The Kier molecular flexibility index (Phi) is 3.55. The number of hydrogen-bond acceptors (Lipinski definition) is 2. The number of aryl methyl sites for hydroxylation is 1. The molecule has 2 nitrogen and oxygen atoms in total. The molecule has 1 aromatic heterocycles. The summed E-state index contributed by atoms with van der Waals surface area (Å²) in [6.45, 7) is 8.47. The van der Waals surface area contributed by atoms with E-state index in [1.54, 1.807) is 0 Å². The summed E-state index contributed by atoms with van der Waals surface area (Å²) < 4.78 is 5.53. The molecule has 0 spiro atoms. The molecule has 0 fully saturated rings. The van der Waals surface area contributed by atoms with E-state index in [1.165, 1.54) is 0 Å². The maximum Gasteiger partial charge on any atom is 0.120 e. The molecule has 0 amide bonds. The van der Waals surface area contributed by atoms with E-state index in [0.29, 0.717) is 12.1 Å². The fourth-order valence-corrected chi connectivity index (χ4v) is 1.31. The first-order valence-corrected chi connectivity index (χ1v) is 4.96. The van der Waals surface area contributed by atoms with Crippen molar-refractivity contribution in [2.75, 3.05) is 0 Å². The number of hydrogen-bond donors (Lipinski definition) is 1. The second kappa shape index (κ2) is 4.47. The molecule has 1 rings (SSSR count). The van der Waals surface area contributed by atoms with Crippen molar-refractivity contribution in [2.24, 2.45) is 0 Å². The summed E-state index contributed by atoms with van der Waals surface area (Å²) in [5, 5.41) is 3.47. The fourth-order valence-electron chi connectivity index (χ4n) is 1.31. The average Bonchev–Trinajstić information content (AvgIpc) is 2.51. The fraction of sp³-hybridized carbons (Fsp3) is 0.636. The van der Waals surface area contributed by atoms with E-state index in [4.69, 9.17) is 4.42 Å². The Morgan fingerprint density at radius 2 is 2.08 bits per heavy atom. The van der Waals surface area contributed by atoms with Crippen molar-refractivity contribution in [3.05, 3.63) is 23.7 Å². The highest BCUT2D eigenvalue weighted by Gasteiger charge is 2.10. The monoisotopic (exact) mass is 181 g/mol. The van der Waals surface area contributed by atoms with Crippen LogP contribution in [0.1, 0.15) is 44.8 Å². The lowest BCUT2D eigenvalue weighted by Crippen LogP contribution is -2.27. The Morgan fingerprint density at radius 3 is 2.54 bits per heavy atom. The van der Waals surface area contributed by atoms with E-state index >= 15 is 0 Å². The Hall–Kier alpha value is -0.760. The van der Waals surface area contributed by atoms with Crippen LogP contribution in [0, 0.1) is 6.92 Å². The summed E-state index contributed by atoms with van der Waals surface area (Å²) in [7, 11) is 0. The molecule has 0 aliphatic heterocycles. The van der Waals surface area contributed by atoms with Crippen molar-refractivity contribution in [1.82, 2.24) is 5.32 Å². The van der Waals surface area contributed by atoms with Gasteiger partial charge in [0.15, 0.2) is 0 Å². The Bertz CT molecular complexity index is 254. The third-order valence-corrected chi connectivity index (χ3v) is 2.33. The molecule has 0 aromatic carbocycles. The van der Waals surface area contributed by atoms with Crippen LogP contribution in [0.25, 0.3) is 0 Å². The van der Waals surface area contributed by atoms with Crippen molar-refractivity contribution < 1.29 is 4.42 Å². The minimum atomic E-state index is 0.309. The highest BCUT2D eigenvalue weighted by molar-refractivity contribution is 5.08. The summed E-state index contributed by atoms with van der Waals surface area (Å²) >= 11 is 0. The van der Waals surface area contributed by atoms with Crippen molar-refractivity contribution in [3.8, 4) is 0 Å². The van der Waals surface area contributed by atoms with Gasteiger partial charge in [0, 0.05) is 6.04 Å². The zero-order chi connectivity index (χ0) is 9.84. The summed E-state index contributed by atoms with van der Waals surface area (Å²) in [6.07, 6.45) is 1.14. The first-order valence-electron chi connectivity index (χ1n) is 4.96. The van der Waals surface area contributed by atoms with Crippen molar-refractivity contribution in [3.63, 3.8) is 0 Å². The minimum Gasteiger partial charge on any atom is -0.465 e. The van der Waals surface area contributed by atoms with E-state index in [2.05, 4.69) is 26.1 Å². The SMILES string of the molecule is CCC(C)NC(C)c1ccc(C)o1. The van der Waals surface area contributed by atoms with E-state index in [-0.39, 0.29) is 0 Å². The topological polar surface area (TPSA) is 25.2 Å². The predicted molar refractivity (Wildman–Crippen MR) is 54.7 cm³/mol. The summed E-state index contributed by atoms with van der Waals surface area (Å²) in [6, 6.07) is 4.89. The molecule has 2 unspecified atom stereocenters. The van der Waals surface area contributed by atoms with Gasteiger partial charge in [0.2, 0.25) is 0 Å². The maximum absolute atomic E-state index is 5.53. The first-order chi connectivity index (χ1) is 6.13. The number of nitrogens with one attached hydrogen (secondary N) is 1. The normalized spacial score (nSPS) is 15.7. The maximum atomic E-state index is 5.53. The molecule has 0 aliphatic rings. The summed E-state index contributed by atoms with van der Waals surface area (Å²) in [4.78, 5) is 0. The number of rotatable bonds is 4. The van der Waals surface area contributed by atoms with E-state index in [1.807, 2.05) is 19.1 Å². The number of furan rings is 1. The van der Waals surface area contributed by atoms with Crippen LogP contribution in [0.2, 0.25) is 0 Å². The Labute approximate surface area is 80.3 Å². The van der Waals surface area contributed by atoms with Gasteiger partial charge in [0.05, 0.1) is 6.04 Å². The van der Waals surface area contributed by atoms with E-state index in [0.717, 1.165) is 17.9 Å². The van der Waals surface area contributed by atoms with Crippen LogP contribution in [0.3, 0.4) is 0 Å². The van der Waals surface area contributed by atoms with Crippen LogP contribution in [0.5, 0.6) is 0 Å². The molecular formula is C11H19NO. The van der Waals surface area contributed by atoms with Crippen molar-refractivity contribution in [1.29, 1.82) is 0 Å². The largest absolute Gasteiger partial charge is 0.465 e. The second-order valence-electron chi connectivity index (χ2n) is 3.65. The molecule has 1 aromatic rings. The second-order valence-corrected chi connectivity index (χ2v) is 3.65. The predicted octanol–water partition coefficient (Wildman–Crippen LogP) is 3.04. The molecule has 1 N–H and O–H groups in total. The Balaban J connectivity index is 2.53. The van der Waals surface area contributed by atoms with Crippen LogP contribution in [-0.2, 0) is 0 Å². The van der Waals surface area contributed by atoms with Gasteiger partial charge in [-0.15, -0.1) is 0 Å². The molecular weight excluding hydrogens is 162 g/mol. The summed E-state index contributed by atoms with van der Waals surface area (Å²) in [5.41, 5.74) is 0.